The first-order valence-electron chi connectivity index (χ1n) is 6.95. The van der Waals surface area contributed by atoms with Crippen molar-refractivity contribution in [2.45, 2.75) is 19.3 Å². The fourth-order valence-corrected chi connectivity index (χ4v) is 2.40. The van der Waals surface area contributed by atoms with Gasteiger partial charge in [-0.3, -0.25) is 9.59 Å². The molecule has 1 N–H and O–H groups in total. The van der Waals surface area contributed by atoms with E-state index < -0.39 is 11.9 Å². The summed E-state index contributed by atoms with van der Waals surface area (Å²) in [6, 6.07) is 18.4. The number of aliphatic carboxylic acids is 1. The Balaban J connectivity index is 2.25. The van der Waals surface area contributed by atoms with E-state index in [2.05, 4.69) is 0 Å². The van der Waals surface area contributed by atoms with Gasteiger partial charge in [0.05, 0.1) is 5.92 Å². The van der Waals surface area contributed by atoms with Crippen molar-refractivity contribution in [2.24, 2.45) is 5.92 Å². The first-order valence-corrected chi connectivity index (χ1v) is 6.95. The molecule has 2 aromatic rings. The van der Waals surface area contributed by atoms with Gasteiger partial charge in [-0.05, 0) is 5.56 Å². The van der Waals surface area contributed by atoms with Gasteiger partial charge in [0.25, 0.3) is 0 Å². The third-order valence-corrected chi connectivity index (χ3v) is 3.72. The van der Waals surface area contributed by atoms with Crippen molar-refractivity contribution in [3.63, 3.8) is 0 Å². The van der Waals surface area contributed by atoms with Gasteiger partial charge >= 0.3 is 5.97 Å². The summed E-state index contributed by atoms with van der Waals surface area (Å²) in [4.78, 5) is 23.7. The van der Waals surface area contributed by atoms with E-state index in [4.69, 9.17) is 0 Å². The van der Waals surface area contributed by atoms with Crippen LogP contribution >= 0.6 is 0 Å². The smallest absolute Gasteiger partial charge is 0.306 e. The number of carbonyl (C=O) groups excluding carboxylic acids is 1. The van der Waals surface area contributed by atoms with Gasteiger partial charge in [-0.25, -0.2) is 0 Å². The second-order valence-corrected chi connectivity index (χ2v) is 5.14. The lowest BCUT2D eigenvalue weighted by Gasteiger charge is -2.20. The summed E-state index contributed by atoms with van der Waals surface area (Å²) >= 11 is 0. The topological polar surface area (TPSA) is 54.4 Å². The van der Waals surface area contributed by atoms with Crippen LogP contribution in [0.15, 0.2) is 60.7 Å². The fourth-order valence-electron chi connectivity index (χ4n) is 2.40. The molecule has 0 aliphatic carbocycles. The van der Waals surface area contributed by atoms with Gasteiger partial charge in [-0.1, -0.05) is 67.6 Å². The Morgan fingerprint density at radius 3 is 2.00 bits per heavy atom. The molecule has 0 fully saturated rings. The van der Waals surface area contributed by atoms with Crippen molar-refractivity contribution in [2.75, 3.05) is 0 Å². The molecule has 0 spiro atoms. The molecule has 0 aliphatic heterocycles. The van der Waals surface area contributed by atoms with Crippen LogP contribution in [-0.4, -0.2) is 16.9 Å². The van der Waals surface area contributed by atoms with Gasteiger partial charge in [0, 0.05) is 17.9 Å². The number of hydrogen-bond donors (Lipinski definition) is 1. The van der Waals surface area contributed by atoms with E-state index in [0.29, 0.717) is 5.56 Å². The monoisotopic (exact) mass is 282 g/mol. The zero-order valence-electron chi connectivity index (χ0n) is 11.9. The van der Waals surface area contributed by atoms with Gasteiger partial charge in [0.1, 0.15) is 0 Å². The van der Waals surface area contributed by atoms with Crippen LogP contribution < -0.4 is 0 Å². The van der Waals surface area contributed by atoms with Crippen molar-refractivity contribution in [1.82, 2.24) is 0 Å². The normalized spacial score (nSPS) is 13.4. The SMILES string of the molecule is CC(C(=O)O)C(CC(=O)c1ccccc1)c1ccccc1. The van der Waals surface area contributed by atoms with Crippen LogP contribution in [-0.2, 0) is 4.79 Å². The van der Waals surface area contributed by atoms with Crippen molar-refractivity contribution >= 4 is 11.8 Å². The van der Waals surface area contributed by atoms with E-state index in [0.717, 1.165) is 5.56 Å². The summed E-state index contributed by atoms with van der Waals surface area (Å²) in [5, 5.41) is 9.29. The number of ketones is 1. The zero-order chi connectivity index (χ0) is 15.2. The molecule has 0 saturated heterocycles. The number of benzene rings is 2. The predicted molar refractivity (Wildman–Crippen MR) is 81.4 cm³/mol. The third-order valence-electron chi connectivity index (χ3n) is 3.72. The quantitative estimate of drug-likeness (QED) is 0.821. The van der Waals surface area contributed by atoms with Crippen LogP contribution in [0.2, 0.25) is 0 Å². The molecule has 21 heavy (non-hydrogen) atoms. The van der Waals surface area contributed by atoms with Gasteiger partial charge < -0.3 is 5.11 Å². The molecule has 0 saturated carbocycles. The van der Waals surface area contributed by atoms with Crippen molar-refractivity contribution < 1.29 is 14.7 Å². The minimum absolute atomic E-state index is 0.0300. The molecule has 2 atom stereocenters. The van der Waals surface area contributed by atoms with Crippen LogP contribution in [0, 0.1) is 5.92 Å². The molecule has 0 bridgehead atoms. The van der Waals surface area contributed by atoms with Crippen molar-refractivity contribution in [3.8, 4) is 0 Å². The number of carboxylic acid groups (broad SMARTS) is 1. The maximum atomic E-state index is 12.4. The Morgan fingerprint density at radius 2 is 1.48 bits per heavy atom. The second-order valence-electron chi connectivity index (χ2n) is 5.14. The summed E-state index contributed by atoms with van der Waals surface area (Å²) in [7, 11) is 0. The van der Waals surface area contributed by atoms with Gasteiger partial charge in [0.15, 0.2) is 5.78 Å². The molecule has 108 valence electrons. The highest BCUT2D eigenvalue weighted by atomic mass is 16.4. The number of hydrogen-bond acceptors (Lipinski definition) is 2. The van der Waals surface area contributed by atoms with E-state index in [1.54, 1.807) is 19.1 Å². The summed E-state index contributed by atoms with van der Waals surface area (Å²) in [6.45, 7) is 1.65. The lowest BCUT2D eigenvalue weighted by Crippen LogP contribution is -2.21. The lowest BCUT2D eigenvalue weighted by atomic mass is 9.82. The minimum Gasteiger partial charge on any atom is -0.481 e. The maximum absolute atomic E-state index is 12.4. The largest absolute Gasteiger partial charge is 0.481 e. The van der Waals surface area contributed by atoms with Crippen LogP contribution in [0.4, 0.5) is 0 Å². The molecule has 3 nitrogen and oxygen atoms in total. The molecular weight excluding hydrogens is 264 g/mol. The van der Waals surface area contributed by atoms with Crippen LogP contribution in [0.3, 0.4) is 0 Å². The zero-order valence-corrected chi connectivity index (χ0v) is 11.9. The molecule has 2 rings (SSSR count). The Bertz CT molecular complexity index is 605. The van der Waals surface area contributed by atoms with Gasteiger partial charge in [-0.2, -0.15) is 0 Å². The van der Waals surface area contributed by atoms with Gasteiger partial charge in [0.2, 0.25) is 0 Å². The van der Waals surface area contributed by atoms with Crippen molar-refractivity contribution in [1.29, 1.82) is 0 Å². The summed E-state index contributed by atoms with van der Waals surface area (Å²) < 4.78 is 0. The fraction of sp³-hybridized carbons (Fsp3) is 0.222. The third kappa shape index (κ3) is 3.78. The van der Waals surface area contributed by atoms with E-state index >= 15 is 0 Å². The van der Waals surface area contributed by atoms with Crippen LogP contribution in [0.5, 0.6) is 0 Å². The van der Waals surface area contributed by atoms with E-state index in [1.165, 1.54) is 0 Å². The first kappa shape index (κ1) is 15.0. The Labute approximate surface area is 124 Å². The lowest BCUT2D eigenvalue weighted by molar-refractivity contribution is -0.141. The average molecular weight is 282 g/mol. The Hall–Kier alpha value is -2.42. The molecule has 0 heterocycles. The summed E-state index contributed by atoms with van der Waals surface area (Å²) in [5.41, 5.74) is 1.51. The van der Waals surface area contributed by atoms with Gasteiger partial charge in [-0.15, -0.1) is 0 Å². The van der Waals surface area contributed by atoms with E-state index in [-0.39, 0.29) is 18.1 Å². The summed E-state index contributed by atoms with van der Waals surface area (Å²) in [5.74, 6) is -1.85. The number of rotatable bonds is 6. The van der Waals surface area contributed by atoms with E-state index in [9.17, 15) is 14.7 Å². The Kier molecular flexibility index (Phi) is 4.88. The molecule has 2 aromatic carbocycles. The predicted octanol–water partition coefficient (Wildman–Crippen LogP) is 3.76. The second kappa shape index (κ2) is 6.84. The maximum Gasteiger partial charge on any atom is 0.306 e. The highest BCUT2D eigenvalue weighted by molar-refractivity contribution is 5.96. The number of carboxylic acids is 1. The summed E-state index contributed by atoms with van der Waals surface area (Å²) in [6.07, 6.45) is 0.196. The molecule has 0 aliphatic rings. The molecular formula is C18H18O3. The molecule has 2 unspecified atom stereocenters. The highest BCUT2D eigenvalue weighted by Crippen LogP contribution is 2.29. The molecule has 0 amide bonds. The number of Topliss-reactive ketones (excluding diaryl/α,β-unsaturated/α-hetero) is 1. The highest BCUT2D eigenvalue weighted by Gasteiger charge is 2.27. The minimum atomic E-state index is -0.885. The average Bonchev–Trinajstić information content (AvgIpc) is 2.53. The standard InChI is InChI=1S/C18H18O3/c1-13(18(20)21)16(14-8-4-2-5-9-14)12-17(19)15-10-6-3-7-11-15/h2-11,13,16H,12H2,1H3,(H,20,21). The van der Waals surface area contributed by atoms with Crippen LogP contribution in [0.25, 0.3) is 0 Å². The Morgan fingerprint density at radius 1 is 0.952 bits per heavy atom. The van der Waals surface area contributed by atoms with Crippen LogP contribution in [0.1, 0.15) is 35.2 Å². The number of carbonyl (C=O) groups is 2. The molecule has 0 aromatic heterocycles. The van der Waals surface area contributed by atoms with E-state index in [1.807, 2.05) is 48.5 Å². The molecule has 0 radical (unpaired) electrons. The van der Waals surface area contributed by atoms with Crippen molar-refractivity contribution in [3.05, 3.63) is 71.8 Å². The molecule has 3 heteroatoms. The first-order chi connectivity index (χ1) is 10.1.